The minimum Gasteiger partial charge on any atom is -0.463 e. The van der Waals surface area contributed by atoms with E-state index in [-0.39, 0.29) is 11.5 Å². The lowest BCUT2D eigenvalue weighted by Crippen LogP contribution is -2.47. The molecule has 92 valence electrons. The van der Waals surface area contributed by atoms with Crippen molar-refractivity contribution in [2.45, 2.75) is 32.2 Å². The molecule has 0 amide bonds. The molecule has 0 saturated carbocycles. The topological polar surface area (TPSA) is 47.6 Å². The second kappa shape index (κ2) is 6.01. The largest absolute Gasteiger partial charge is 0.463 e. The van der Waals surface area contributed by atoms with Gasteiger partial charge in [0.15, 0.2) is 0 Å². The highest BCUT2D eigenvalue weighted by Crippen LogP contribution is 2.19. The Kier molecular flexibility index (Phi) is 4.96. The number of carbonyl (C=O) groups is 1. The van der Waals surface area contributed by atoms with Gasteiger partial charge < -0.3 is 14.8 Å². The summed E-state index contributed by atoms with van der Waals surface area (Å²) in [6, 6.07) is 0. The fraction of sp³-hybridized carbons (Fsp3) is 0.750. The van der Waals surface area contributed by atoms with Crippen molar-refractivity contribution in [3.63, 3.8) is 0 Å². The van der Waals surface area contributed by atoms with Crippen molar-refractivity contribution in [3.05, 3.63) is 12.2 Å². The van der Waals surface area contributed by atoms with Crippen LogP contribution in [0.2, 0.25) is 0 Å². The predicted molar refractivity (Wildman–Crippen MR) is 62.2 cm³/mol. The number of carbonyl (C=O) groups excluding carboxylic acids is 1. The minimum atomic E-state index is -0.314. The third kappa shape index (κ3) is 3.94. The molecule has 1 N–H and O–H groups in total. The SMILES string of the molecule is C=C(CNC1(C)CCOCC1)C(=O)OCC. The first-order chi connectivity index (χ1) is 7.57. The number of rotatable bonds is 5. The van der Waals surface area contributed by atoms with Gasteiger partial charge in [-0.25, -0.2) is 4.79 Å². The molecule has 1 rings (SSSR count). The van der Waals surface area contributed by atoms with Crippen LogP contribution in [0.5, 0.6) is 0 Å². The molecule has 0 aromatic carbocycles. The van der Waals surface area contributed by atoms with E-state index in [1.807, 2.05) is 0 Å². The highest BCUT2D eigenvalue weighted by molar-refractivity contribution is 5.88. The van der Waals surface area contributed by atoms with E-state index in [0.717, 1.165) is 26.1 Å². The Balaban J connectivity index is 2.32. The monoisotopic (exact) mass is 227 g/mol. The smallest absolute Gasteiger partial charge is 0.334 e. The Labute approximate surface area is 97.0 Å². The number of hydrogen-bond acceptors (Lipinski definition) is 4. The predicted octanol–water partition coefficient (Wildman–Crippen LogP) is 1.26. The molecule has 1 fully saturated rings. The van der Waals surface area contributed by atoms with E-state index in [0.29, 0.717) is 18.7 Å². The van der Waals surface area contributed by atoms with E-state index < -0.39 is 0 Å². The lowest BCUT2D eigenvalue weighted by Gasteiger charge is -2.34. The van der Waals surface area contributed by atoms with Crippen LogP contribution >= 0.6 is 0 Å². The molecule has 0 atom stereocenters. The third-order valence-corrected chi connectivity index (χ3v) is 2.89. The van der Waals surface area contributed by atoms with E-state index in [2.05, 4.69) is 18.8 Å². The van der Waals surface area contributed by atoms with Crippen molar-refractivity contribution in [1.29, 1.82) is 0 Å². The minimum absolute atomic E-state index is 0.0493. The van der Waals surface area contributed by atoms with E-state index in [4.69, 9.17) is 9.47 Å². The first-order valence-electron chi connectivity index (χ1n) is 5.75. The molecule has 0 spiro atoms. The molecule has 0 unspecified atom stereocenters. The van der Waals surface area contributed by atoms with Crippen LogP contribution in [0, 0.1) is 0 Å². The molecule has 0 aromatic heterocycles. The van der Waals surface area contributed by atoms with E-state index in [1.165, 1.54) is 0 Å². The Morgan fingerprint density at radius 2 is 2.12 bits per heavy atom. The Hall–Kier alpha value is -0.870. The van der Waals surface area contributed by atoms with Crippen molar-refractivity contribution in [1.82, 2.24) is 5.32 Å². The summed E-state index contributed by atoms with van der Waals surface area (Å²) in [7, 11) is 0. The molecule has 16 heavy (non-hydrogen) atoms. The van der Waals surface area contributed by atoms with Gasteiger partial charge in [-0.2, -0.15) is 0 Å². The lowest BCUT2D eigenvalue weighted by molar-refractivity contribution is -0.138. The lowest BCUT2D eigenvalue weighted by atomic mass is 9.92. The second-order valence-electron chi connectivity index (χ2n) is 4.35. The second-order valence-corrected chi connectivity index (χ2v) is 4.35. The van der Waals surface area contributed by atoms with Gasteiger partial charge in [0.25, 0.3) is 0 Å². The zero-order valence-electron chi connectivity index (χ0n) is 10.2. The summed E-state index contributed by atoms with van der Waals surface area (Å²) in [6.45, 7) is 10.1. The van der Waals surface area contributed by atoms with Gasteiger partial charge in [0, 0.05) is 30.9 Å². The summed E-state index contributed by atoms with van der Waals surface area (Å²) < 4.78 is 10.2. The van der Waals surface area contributed by atoms with Crippen LogP contribution in [0.15, 0.2) is 12.2 Å². The standard InChI is InChI=1S/C12H21NO3/c1-4-16-11(14)10(2)9-13-12(3)5-7-15-8-6-12/h13H,2,4-9H2,1,3H3. The molecule has 4 heteroatoms. The molecule has 1 aliphatic heterocycles. The highest BCUT2D eigenvalue weighted by atomic mass is 16.5. The Morgan fingerprint density at radius 3 is 2.69 bits per heavy atom. The molecule has 0 bridgehead atoms. The Morgan fingerprint density at radius 1 is 1.50 bits per heavy atom. The van der Waals surface area contributed by atoms with Gasteiger partial charge in [-0.05, 0) is 26.7 Å². The van der Waals surface area contributed by atoms with Crippen LogP contribution in [0.1, 0.15) is 26.7 Å². The molecular formula is C12H21NO3. The summed E-state index contributed by atoms with van der Waals surface area (Å²) in [5.41, 5.74) is 0.530. The summed E-state index contributed by atoms with van der Waals surface area (Å²) in [5, 5.41) is 3.36. The first-order valence-corrected chi connectivity index (χ1v) is 5.75. The number of ether oxygens (including phenoxy) is 2. The maximum Gasteiger partial charge on any atom is 0.334 e. The summed E-state index contributed by atoms with van der Waals surface area (Å²) >= 11 is 0. The zero-order valence-corrected chi connectivity index (χ0v) is 10.2. The van der Waals surface area contributed by atoms with Crippen LogP contribution in [0.4, 0.5) is 0 Å². The quantitative estimate of drug-likeness (QED) is 0.567. The third-order valence-electron chi connectivity index (χ3n) is 2.89. The number of esters is 1. The zero-order chi connectivity index (χ0) is 12.0. The van der Waals surface area contributed by atoms with Crippen molar-refractivity contribution < 1.29 is 14.3 Å². The van der Waals surface area contributed by atoms with Gasteiger partial charge in [0.2, 0.25) is 0 Å². The summed E-state index contributed by atoms with van der Waals surface area (Å²) in [4.78, 5) is 11.3. The van der Waals surface area contributed by atoms with Gasteiger partial charge in [-0.1, -0.05) is 6.58 Å². The molecule has 1 aliphatic rings. The van der Waals surface area contributed by atoms with E-state index >= 15 is 0 Å². The average molecular weight is 227 g/mol. The molecule has 4 nitrogen and oxygen atoms in total. The van der Waals surface area contributed by atoms with Crippen molar-refractivity contribution in [3.8, 4) is 0 Å². The van der Waals surface area contributed by atoms with E-state index in [9.17, 15) is 4.79 Å². The van der Waals surface area contributed by atoms with Crippen LogP contribution in [-0.4, -0.2) is 37.9 Å². The van der Waals surface area contributed by atoms with Crippen LogP contribution in [0.3, 0.4) is 0 Å². The highest BCUT2D eigenvalue weighted by Gasteiger charge is 2.27. The van der Waals surface area contributed by atoms with Crippen LogP contribution < -0.4 is 5.32 Å². The molecule has 0 aliphatic carbocycles. The average Bonchev–Trinajstić information content (AvgIpc) is 2.27. The van der Waals surface area contributed by atoms with Gasteiger partial charge >= 0.3 is 5.97 Å². The maximum atomic E-state index is 11.3. The molecular weight excluding hydrogens is 206 g/mol. The van der Waals surface area contributed by atoms with Gasteiger partial charge in [0.05, 0.1) is 6.61 Å². The molecule has 1 saturated heterocycles. The number of hydrogen-bond donors (Lipinski definition) is 1. The molecule has 1 heterocycles. The molecule has 0 aromatic rings. The van der Waals surface area contributed by atoms with Crippen molar-refractivity contribution in [2.24, 2.45) is 0 Å². The Bertz CT molecular complexity index is 257. The van der Waals surface area contributed by atoms with Crippen LogP contribution in [-0.2, 0) is 14.3 Å². The van der Waals surface area contributed by atoms with Gasteiger partial charge in [-0.3, -0.25) is 0 Å². The van der Waals surface area contributed by atoms with E-state index in [1.54, 1.807) is 6.92 Å². The summed E-state index contributed by atoms with van der Waals surface area (Å²) in [6.07, 6.45) is 1.92. The van der Waals surface area contributed by atoms with Gasteiger partial charge in [-0.15, -0.1) is 0 Å². The van der Waals surface area contributed by atoms with Crippen molar-refractivity contribution >= 4 is 5.97 Å². The normalized spacial score (nSPS) is 19.1. The fourth-order valence-electron chi connectivity index (χ4n) is 1.62. The van der Waals surface area contributed by atoms with Crippen LogP contribution in [0.25, 0.3) is 0 Å². The molecule has 0 radical (unpaired) electrons. The summed E-state index contributed by atoms with van der Waals surface area (Å²) in [5.74, 6) is -0.314. The first kappa shape index (κ1) is 13.2. The van der Waals surface area contributed by atoms with Crippen molar-refractivity contribution in [2.75, 3.05) is 26.4 Å². The van der Waals surface area contributed by atoms with Gasteiger partial charge in [0.1, 0.15) is 0 Å². The fourth-order valence-corrected chi connectivity index (χ4v) is 1.62. The number of nitrogens with one attached hydrogen (secondary N) is 1. The maximum absolute atomic E-state index is 11.3.